The predicted octanol–water partition coefficient (Wildman–Crippen LogP) is 2.87. The molecule has 0 saturated heterocycles. The van der Waals surface area contributed by atoms with Gasteiger partial charge in [0.25, 0.3) is 0 Å². The maximum Gasteiger partial charge on any atom is 0.167 e. The Morgan fingerprint density at radius 2 is 1.91 bits per heavy atom. The van der Waals surface area contributed by atoms with Crippen molar-refractivity contribution < 1.29 is 14.3 Å². The number of benzene rings is 1. The summed E-state index contributed by atoms with van der Waals surface area (Å²) in [4.78, 5) is 12.5. The van der Waals surface area contributed by atoms with Crippen LogP contribution in [-0.4, -0.2) is 29.8 Å². The summed E-state index contributed by atoms with van der Waals surface area (Å²) >= 11 is 0. The molecule has 0 saturated carbocycles. The van der Waals surface area contributed by atoms with Gasteiger partial charge in [0.05, 0.1) is 19.8 Å². The molecule has 0 fully saturated rings. The molecule has 1 unspecified atom stereocenters. The summed E-state index contributed by atoms with van der Waals surface area (Å²) in [5, 5.41) is 4.58. The van der Waals surface area contributed by atoms with Crippen LogP contribution in [0.25, 0.3) is 11.3 Å². The molecule has 1 aromatic heterocycles. The summed E-state index contributed by atoms with van der Waals surface area (Å²) in [6.07, 6.45) is 1.47. The SMILES string of the molecule is COc1ccc(-c2nn(C)c3c2C(=O)CC(C)C3)cc1OC. The van der Waals surface area contributed by atoms with Gasteiger partial charge in [-0.3, -0.25) is 9.48 Å². The highest BCUT2D eigenvalue weighted by Crippen LogP contribution is 2.36. The van der Waals surface area contributed by atoms with E-state index in [-0.39, 0.29) is 5.78 Å². The highest BCUT2D eigenvalue weighted by Gasteiger charge is 2.30. The van der Waals surface area contributed by atoms with E-state index in [1.807, 2.05) is 29.9 Å². The first-order valence-electron chi connectivity index (χ1n) is 7.36. The molecule has 3 rings (SSSR count). The second-order valence-electron chi connectivity index (χ2n) is 5.80. The monoisotopic (exact) mass is 300 g/mol. The third-order valence-corrected chi connectivity index (χ3v) is 4.18. The molecule has 0 amide bonds. The highest BCUT2D eigenvalue weighted by atomic mass is 16.5. The average molecular weight is 300 g/mol. The van der Waals surface area contributed by atoms with E-state index in [4.69, 9.17) is 9.47 Å². The first-order valence-corrected chi connectivity index (χ1v) is 7.36. The van der Waals surface area contributed by atoms with Gasteiger partial charge in [-0.25, -0.2) is 0 Å². The number of aryl methyl sites for hydroxylation is 1. The van der Waals surface area contributed by atoms with Crippen LogP contribution in [-0.2, 0) is 13.5 Å². The van der Waals surface area contributed by atoms with Crippen LogP contribution in [0.15, 0.2) is 18.2 Å². The van der Waals surface area contributed by atoms with Crippen LogP contribution >= 0.6 is 0 Å². The molecular weight excluding hydrogens is 280 g/mol. The van der Waals surface area contributed by atoms with Gasteiger partial charge in [-0.15, -0.1) is 0 Å². The van der Waals surface area contributed by atoms with E-state index in [2.05, 4.69) is 12.0 Å². The Hall–Kier alpha value is -2.30. The van der Waals surface area contributed by atoms with Gasteiger partial charge < -0.3 is 9.47 Å². The van der Waals surface area contributed by atoms with Crippen molar-refractivity contribution in [2.45, 2.75) is 19.8 Å². The summed E-state index contributed by atoms with van der Waals surface area (Å²) in [6, 6.07) is 5.62. The highest BCUT2D eigenvalue weighted by molar-refractivity contribution is 6.03. The van der Waals surface area contributed by atoms with E-state index in [9.17, 15) is 4.79 Å². The van der Waals surface area contributed by atoms with Gasteiger partial charge in [0.2, 0.25) is 0 Å². The van der Waals surface area contributed by atoms with Gasteiger partial charge in [0, 0.05) is 24.7 Å². The summed E-state index contributed by atoms with van der Waals surface area (Å²) in [5.41, 5.74) is 3.38. The molecule has 1 aliphatic carbocycles. The van der Waals surface area contributed by atoms with Crippen molar-refractivity contribution in [1.82, 2.24) is 9.78 Å². The third kappa shape index (κ3) is 2.26. The zero-order valence-electron chi connectivity index (χ0n) is 13.3. The molecule has 5 heteroatoms. The van der Waals surface area contributed by atoms with Crippen LogP contribution in [0.4, 0.5) is 0 Å². The number of carbonyl (C=O) groups is 1. The fraction of sp³-hybridized carbons (Fsp3) is 0.412. The van der Waals surface area contributed by atoms with Crippen LogP contribution in [0.2, 0.25) is 0 Å². The van der Waals surface area contributed by atoms with Gasteiger partial charge in [0.15, 0.2) is 17.3 Å². The molecule has 0 bridgehead atoms. The van der Waals surface area contributed by atoms with Crippen LogP contribution < -0.4 is 9.47 Å². The molecule has 0 aliphatic heterocycles. The molecule has 0 N–H and O–H groups in total. The van der Waals surface area contributed by atoms with Gasteiger partial charge in [-0.05, 0) is 30.5 Å². The number of carbonyl (C=O) groups excluding carboxylic acids is 1. The van der Waals surface area contributed by atoms with Gasteiger partial charge in [-0.1, -0.05) is 6.92 Å². The lowest BCUT2D eigenvalue weighted by Gasteiger charge is -2.18. The van der Waals surface area contributed by atoms with E-state index in [0.717, 1.165) is 28.9 Å². The first kappa shape index (κ1) is 14.6. The molecule has 22 heavy (non-hydrogen) atoms. The standard InChI is InChI=1S/C17H20N2O3/c1-10-7-12-16(13(20)8-10)17(18-19(12)2)11-5-6-14(21-3)15(9-11)22-4/h5-6,9-10H,7-8H2,1-4H3. The van der Waals surface area contributed by atoms with E-state index < -0.39 is 0 Å². The average Bonchev–Trinajstić information content (AvgIpc) is 2.84. The summed E-state index contributed by atoms with van der Waals surface area (Å²) < 4.78 is 12.4. The topological polar surface area (TPSA) is 53.4 Å². The third-order valence-electron chi connectivity index (χ3n) is 4.18. The fourth-order valence-corrected chi connectivity index (χ4v) is 3.09. The maximum absolute atomic E-state index is 12.5. The van der Waals surface area contributed by atoms with E-state index in [1.54, 1.807) is 14.2 Å². The summed E-state index contributed by atoms with van der Waals surface area (Å²) in [5.74, 6) is 1.84. The number of methoxy groups -OCH3 is 2. The molecule has 1 heterocycles. The van der Waals surface area contributed by atoms with Crippen LogP contribution in [0.3, 0.4) is 0 Å². The minimum absolute atomic E-state index is 0.173. The number of Topliss-reactive ketones (excluding diaryl/α,β-unsaturated/α-hetero) is 1. The number of hydrogen-bond donors (Lipinski definition) is 0. The van der Waals surface area contributed by atoms with Crippen LogP contribution in [0, 0.1) is 5.92 Å². The first-order chi connectivity index (χ1) is 10.5. The molecule has 116 valence electrons. The lowest BCUT2D eigenvalue weighted by molar-refractivity contribution is 0.0953. The van der Waals surface area contributed by atoms with Crippen molar-refractivity contribution in [3.63, 3.8) is 0 Å². The molecule has 1 atom stereocenters. The second-order valence-corrected chi connectivity index (χ2v) is 5.80. The van der Waals surface area contributed by atoms with Gasteiger partial charge in [0.1, 0.15) is 5.69 Å². The lowest BCUT2D eigenvalue weighted by atomic mass is 9.86. The predicted molar refractivity (Wildman–Crippen MR) is 83.6 cm³/mol. The van der Waals surface area contributed by atoms with Gasteiger partial charge in [-0.2, -0.15) is 5.10 Å². The molecule has 5 nitrogen and oxygen atoms in total. The lowest BCUT2D eigenvalue weighted by Crippen LogP contribution is -2.19. The van der Waals surface area contributed by atoms with Crippen molar-refractivity contribution in [3.05, 3.63) is 29.5 Å². The van der Waals surface area contributed by atoms with Crippen molar-refractivity contribution in [2.24, 2.45) is 13.0 Å². The molecule has 1 aliphatic rings. The minimum Gasteiger partial charge on any atom is -0.493 e. The van der Waals surface area contributed by atoms with Crippen molar-refractivity contribution in [2.75, 3.05) is 14.2 Å². The Morgan fingerprint density at radius 3 is 2.59 bits per heavy atom. The fourth-order valence-electron chi connectivity index (χ4n) is 3.09. The van der Waals surface area contributed by atoms with Gasteiger partial charge >= 0.3 is 0 Å². The smallest absolute Gasteiger partial charge is 0.167 e. The normalized spacial score (nSPS) is 17.3. The quantitative estimate of drug-likeness (QED) is 0.874. The Labute approximate surface area is 129 Å². The second kappa shape index (κ2) is 5.48. The molecule has 2 aromatic rings. The molecule has 0 radical (unpaired) electrons. The van der Waals surface area contributed by atoms with Crippen molar-refractivity contribution in [1.29, 1.82) is 0 Å². The van der Waals surface area contributed by atoms with Crippen LogP contribution in [0.1, 0.15) is 29.4 Å². The number of aromatic nitrogens is 2. The van der Waals surface area contributed by atoms with E-state index >= 15 is 0 Å². The van der Waals surface area contributed by atoms with Crippen molar-refractivity contribution in [3.8, 4) is 22.8 Å². The number of fused-ring (bicyclic) bond motifs is 1. The number of ether oxygens (including phenoxy) is 2. The summed E-state index contributed by atoms with van der Waals surface area (Å²) in [7, 11) is 5.10. The Morgan fingerprint density at radius 1 is 1.18 bits per heavy atom. The Bertz CT molecular complexity index is 734. The zero-order valence-corrected chi connectivity index (χ0v) is 13.3. The van der Waals surface area contributed by atoms with Crippen molar-refractivity contribution >= 4 is 5.78 Å². The Kier molecular flexibility index (Phi) is 3.64. The molecule has 0 spiro atoms. The molecular formula is C17H20N2O3. The molecule has 1 aromatic carbocycles. The number of rotatable bonds is 3. The minimum atomic E-state index is 0.173. The number of nitrogens with zero attached hydrogens (tertiary/aromatic N) is 2. The number of hydrogen-bond acceptors (Lipinski definition) is 4. The number of ketones is 1. The largest absolute Gasteiger partial charge is 0.493 e. The van der Waals surface area contributed by atoms with E-state index in [0.29, 0.717) is 23.8 Å². The Balaban J connectivity index is 2.14. The summed E-state index contributed by atoms with van der Waals surface area (Å²) in [6.45, 7) is 2.10. The van der Waals surface area contributed by atoms with E-state index in [1.165, 1.54) is 0 Å². The zero-order chi connectivity index (χ0) is 15.9. The van der Waals surface area contributed by atoms with Crippen LogP contribution in [0.5, 0.6) is 11.5 Å². The maximum atomic E-state index is 12.5.